The number of aromatic nitrogens is 8. The molecule has 0 radical (unpaired) electrons. The summed E-state index contributed by atoms with van der Waals surface area (Å²) in [6.45, 7) is 5.23. The zero-order chi connectivity index (χ0) is 25.8. The number of halogens is 3. The van der Waals surface area contributed by atoms with Crippen molar-refractivity contribution in [2.75, 3.05) is 13.1 Å². The molecule has 190 valence electrons. The quantitative estimate of drug-likeness (QED) is 0.412. The van der Waals surface area contributed by atoms with Gasteiger partial charge in [-0.1, -0.05) is 0 Å². The van der Waals surface area contributed by atoms with Crippen molar-refractivity contribution in [2.45, 2.75) is 39.1 Å². The van der Waals surface area contributed by atoms with Gasteiger partial charge in [-0.15, -0.1) is 0 Å². The van der Waals surface area contributed by atoms with Crippen LogP contribution in [0.2, 0.25) is 0 Å². The monoisotopic (exact) mass is 503 g/mol. The van der Waals surface area contributed by atoms with E-state index < -0.39 is 23.9 Å². The van der Waals surface area contributed by atoms with Crippen LogP contribution in [0.5, 0.6) is 5.88 Å². The van der Waals surface area contributed by atoms with Crippen molar-refractivity contribution in [3.63, 3.8) is 0 Å². The van der Waals surface area contributed by atoms with E-state index in [4.69, 9.17) is 9.72 Å². The molecule has 1 atom stereocenters. The maximum absolute atomic E-state index is 13.0. The van der Waals surface area contributed by atoms with Crippen LogP contribution in [-0.4, -0.2) is 69.1 Å². The highest BCUT2D eigenvalue weighted by molar-refractivity contribution is 5.93. The first-order valence-electron chi connectivity index (χ1n) is 11.4. The first-order chi connectivity index (χ1) is 17.1. The molecule has 0 aliphatic carbocycles. The molecule has 0 N–H and O–H groups in total. The number of imidazole rings is 1. The van der Waals surface area contributed by atoms with Gasteiger partial charge in [0.2, 0.25) is 5.88 Å². The van der Waals surface area contributed by atoms with E-state index >= 15 is 0 Å². The van der Waals surface area contributed by atoms with Crippen molar-refractivity contribution in [1.82, 2.24) is 44.0 Å². The third-order valence-electron chi connectivity index (χ3n) is 6.37. The van der Waals surface area contributed by atoms with Crippen LogP contribution in [0.3, 0.4) is 0 Å². The summed E-state index contributed by atoms with van der Waals surface area (Å²) in [6, 6.07) is 0.766. The van der Waals surface area contributed by atoms with Gasteiger partial charge in [0.25, 0.3) is 5.91 Å². The minimum atomic E-state index is -4.62. The number of fused-ring (bicyclic) bond motifs is 1. The van der Waals surface area contributed by atoms with Gasteiger partial charge in [0, 0.05) is 45.4 Å². The van der Waals surface area contributed by atoms with Crippen molar-refractivity contribution >= 4 is 17.1 Å². The normalized spacial score (nSPS) is 16.3. The molecular weight excluding hydrogens is 479 g/mol. The zero-order valence-corrected chi connectivity index (χ0v) is 20.1. The Kier molecular flexibility index (Phi) is 5.68. The summed E-state index contributed by atoms with van der Waals surface area (Å²) >= 11 is 0. The van der Waals surface area contributed by atoms with Crippen LogP contribution in [0.15, 0.2) is 18.6 Å². The van der Waals surface area contributed by atoms with E-state index in [0.717, 1.165) is 28.6 Å². The second kappa shape index (κ2) is 8.60. The second-order valence-electron chi connectivity index (χ2n) is 8.62. The van der Waals surface area contributed by atoms with E-state index in [1.54, 1.807) is 6.20 Å². The van der Waals surface area contributed by atoms with Crippen LogP contribution in [0.1, 0.15) is 35.2 Å². The van der Waals surface area contributed by atoms with Crippen LogP contribution in [0.25, 0.3) is 22.6 Å². The van der Waals surface area contributed by atoms with Crippen LogP contribution in [0.4, 0.5) is 13.2 Å². The lowest BCUT2D eigenvalue weighted by molar-refractivity contribution is -0.141. The van der Waals surface area contributed by atoms with Crippen molar-refractivity contribution in [3.05, 3.63) is 35.7 Å². The number of hydrogen-bond donors (Lipinski definition) is 0. The highest BCUT2D eigenvalue weighted by atomic mass is 19.4. The summed E-state index contributed by atoms with van der Waals surface area (Å²) < 4.78 is 49.8. The fourth-order valence-corrected chi connectivity index (χ4v) is 4.43. The predicted octanol–water partition coefficient (Wildman–Crippen LogP) is 2.60. The van der Waals surface area contributed by atoms with Gasteiger partial charge in [-0.2, -0.15) is 28.4 Å². The van der Waals surface area contributed by atoms with E-state index in [9.17, 15) is 18.0 Å². The minimum absolute atomic E-state index is 0.134. The van der Waals surface area contributed by atoms with Crippen LogP contribution in [0, 0.1) is 6.92 Å². The number of alkyl halides is 3. The Bertz CT molecular complexity index is 1450. The first-order valence-corrected chi connectivity index (χ1v) is 11.4. The molecule has 1 unspecified atom stereocenters. The SMILES string of the molecule is CCn1ncc(-c2nc3c(OC4CCN(C(=O)c5cc(C(F)(F)F)nn5C)C4)ncnc3n2C)c1C. The summed E-state index contributed by atoms with van der Waals surface area (Å²) in [7, 11) is 3.16. The Morgan fingerprint density at radius 3 is 2.69 bits per heavy atom. The smallest absolute Gasteiger partial charge is 0.435 e. The van der Waals surface area contributed by atoms with Gasteiger partial charge < -0.3 is 14.2 Å². The number of hydrogen-bond acceptors (Lipinski definition) is 7. The molecule has 5 heterocycles. The summed E-state index contributed by atoms with van der Waals surface area (Å²) in [5, 5.41) is 7.81. The number of nitrogens with zero attached hydrogens (tertiary/aromatic N) is 9. The lowest BCUT2D eigenvalue weighted by Crippen LogP contribution is -2.32. The molecule has 1 fully saturated rings. The third kappa shape index (κ3) is 3.95. The van der Waals surface area contributed by atoms with Gasteiger partial charge in [-0.05, 0) is 13.8 Å². The maximum Gasteiger partial charge on any atom is 0.435 e. The summed E-state index contributed by atoms with van der Waals surface area (Å²) in [4.78, 5) is 27.7. The van der Waals surface area contributed by atoms with Gasteiger partial charge in [-0.25, -0.2) is 9.97 Å². The number of carbonyl (C=O) groups is 1. The fraction of sp³-hybridized carbons (Fsp3) is 0.455. The Balaban J connectivity index is 1.36. The van der Waals surface area contributed by atoms with Gasteiger partial charge in [0.1, 0.15) is 23.9 Å². The molecule has 0 saturated carbocycles. The van der Waals surface area contributed by atoms with Crippen molar-refractivity contribution < 1.29 is 22.7 Å². The average molecular weight is 503 g/mol. The number of carbonyl (C=O) groups excluding carboxylic acids is 1. The molecule has 5 rings (SSSR count). The van der Waals surface area contributed by atoms with Gasteiger partial charge in [-0.3, -0.25) is 14.2 Å². The predicted molar refractivity (Wildman–Crippen MR) is 121 cm³/mol. The number of aryl methyl sites for hydroxylation is 3. The number of likely N-dealkylation sites (tertiary alicyclic amines) is 1. The molecule has 1 aliphatic heterocycles. The lowest BCUT2D eigenvalue weighted by Gasteiger charge is -2.17. The lowest BCUT2D eigenvalue weighted by atomic mass is 10.2. The molecule has 14 heteroatoms. The van der Waals surface area contributed by atoms with E-state index in [-0.39, 0.29) is 18.1 Å². The Hall–Kier alpha value is -3.97. The molecule has 1 saturated heterocycles. The van der Waals surface area contributed by atoms with Gasteiger partial charge in [0.05, 0.1) is 18.3 Å². The van der Waals surface area contributed by atoms with Crippen molar-refractivity contribution in [1.29, 1.82) is 0 Å². The molecule has 1 amide bonds. The van der Waals surface area contributed by atoms with Crippen LogP contribution >= 0.6 is 0 Å². The van der Waals surface area contributed by atoms with Gasteiger partial charge >= 0.3 is 6.18 Å². The zero-order valence-electron chi connectivity index (χ0n) is 20.1. The van der Waals surface area contributed by atoms with E-state index in [0.29, 0.717) is 30.0 Å². The standard InChI is InChI=1S/C22H24F3N9O2/c1-5-34-12(2)14(9-28-34)18-29-17-19(31(18)3)26-11-27-20(17)36-13-6-7-33(10-13)21(35)15-8-16(22(23,24)25)30-32(15)4/h8-9,11,13H,5-7,10H2,1-4H3. The third-order valence-corrected chi connectivity index (χ3v) is 6.37. The van der Waals surface area contributed by atoms with E-state index in [1.807, 2.05) is 30.1 Å². The second-order valence-corrected chi connectivity index (χ2v) is 8.62. The largest absolute Gasteiger partial charge is 0.471 e. The number of amides is 1. The van der Waals surface area contributed by atoms with Crippen molar-refractivity contribution in [3.8, 4) is 17.3 Å². The van der Waals surface area contributed by atoms with Crippen LogP contribution < -0.4 is 4.74 Å². The fourth-order valence-electron chi connectivity index (χ4n) is 4.43. The Labute approximate surface area is 203 Å². The molecule has 4 aromatic heterocycles. The Morgan fingerprint density at radius 1 is 1.25 bits per heavy atom. The molecule has 4 aromatic rings. The minimum Gasteiger partial charge on any atom is -0.471 e. The van der Waals surface area contributed by atoms with Crippen molar-refractivity contribution in [2.24, 2.45) is 14.1 Å². The van der Waals surface area contributed by atoms with E-state index in [2.05, 4.69) is 20.2 Å². The maximum atomic E-state index is 13.0. The highest BCUT2D eigenvalue weighted by Crippen LogP contribution is 2.31. The average Bonchev–Trinajstić information content (AvgIpc) is 3.60. The number of ether oxygens (including phenoxy) is 1. The molecule has 11 nitrogen and oxygen atoms in total. The first kappa shape index (κ1) is 23.8. The Morgan fingerprint density at radius 2 is 2.03 bits per heavy atom. The highest BCUT2D eigenvalue weighted by Gasteiger charge is 2.37. The molecular formula is C22H24F3N9O2. The summed E-state index contributed by atoms with van der Waals surface area (Å²) in [5.41, 5.74) is 1.67. The van der Waals surface area contributed by atoms with Gasteiger partial charge in [0.15, 0.2) is 16.9 Å². The van der Waals surface area contributed by atoms with Crippen LogP contribution in [-0.2, 0) is 26.8 Å². The summed E-state index contributed by atoms with van der Waals surface area (Å²) in [6.07, 6.45) is -1.39. The number of rotatable bonds is 5. The van der Waals surface area contributed by atoms with E-state index in [1.165, 1.54) is 18.3 Å². The molecule has 36 heavy (non-hydrogen) atoms. The molecule has 0 spiro atoms. The molecule has 1 aliphatic rings. The topological polar surface area (TPSA) is 109 Å². The summed E-state index contributed by atoms with van der Waals surface area (Å²) in [5.74, 6) is 0.414. The molecule has 0 bridgehead atoms. The molecule has 0 aromatic carbocycles.